The summed E-state index contributed by atoms with van der Waals surface area (Å²) in [4.78, 5) is 20.4. The van der Waals surface area contributed by atoms with E-state index < -0.39 is 29.8 Å². The highest BCUT2D eigenvalue weighted by molar-refractivity contribution is 7.58. The van der Waals surface area contributed by atoms with Gasteiger partial charge < -0.3 is 14.9 Å². The minimum Gasteiger partial charge on any atom is -0.456 e. The molecule has 158 valence electrons. The van der Waals surface area contributed by atoms with E-state index in [-0.39, 0.29) is 34.3 Å². The fourth-order valence-electron chi connectivity index (χ4n) is 2.48. The Balaban J connectivity index is 2.38. The van der Waals surface area contributed by atoms with E-state index in [1.807, 2.05) is 0 Å². The molecule has 0 saturated heterocycles. The van der Waals surface area contributed by atoms with Crippen molar-refractivity contribution in [3.63, 3.8) is 0 Å². The van der Waals surface area contributed by atoms with E-state index in [4.69, 9.17) is 16.3 Å². The summed E-state index contributed by atoms with van der Waals surface area (Å²) in [6.45, 7) is 2.76. The molecule has 7 nitrogen and oxygen atoms in total. The van der Waals surface area contributed by atoms with Gasteiger partial charge in [-0.1, -0.05) is 18.5 Å². The Labute approximate surface area is 169 Å². The number of nitro benzene ring substituents is 1. The van der Waals surface area contributed by atoms with Crippen LogP contribution in [0.4, 0.5) is 24.5 Å². The number of ether oxygens (including phenoxy) is 1. The largest absolute Gasteiger partial charge is 0.456 e. The Bertz CT molecular complexity index is 965. The molecule has 2 atom stereocenters. The molecule has 0 radical (unpaired) electrons. The highest BCUT2D eigenvalue weighted by Gasteiger charge is 2.31. The van der Waals surface area contributed by atoms with Gasteiger partial charge in [-0.05, 0) is 30.7 Å². The summed E-state index contributed by atoms with van der Waals surface area (Å²) in [5.74, 6) is -0.987. The first kappa shape index (κ1) is 23.0. The molecule has 2 unspecified atom stereocenters. The molecule has 0 aliphatic heterocycles. The van der Waals surface area contributed by atoms with Gasteiger partial charge in [0, 0.05) is 18.8 Å². The predicted molar refractivity (Wildman–Crippen MR) is 103 cm³/mol. The van der Waals surface area contributed by atoms with Crippen molar-refractivity contribution >= 4 is 30.3 Å². The summed E-state index contributed by atoms with van der Waals surface area (Å²) in [7, 11) is -3.60. The zero-order valence-electron chi connectivity index (χ0n) is 15.2. The molecule has 12 heteroatoms. The summed E-state index contributed by atoms with van der Waals surface area (Å²) in [6, 6.07) is 6.08. The Kier molecular flexibility index (Phi) is 6.82. The van der Waals surface area contributed by atoms with Crippen molar-refractivity contribution in [1.82, 2.24) is 0 Å². The van der Waals surface area contributed by atoms with Gasteiger partial charge in [-0.2, -0.15) is 13.2 Å². The third-order valence-corrected chi connectivity index (χ3v) is 5.89. The molecule has 0 fully saturated rings. The van der Waals surface area contributed by atoms with Crippen molar-refractivity contribution in [2.75, 3.05) is 12.0 Å². The van der Waals surface area contributed by atoms with Crippen LogP contribution in [0.1, 0.15) is 18.9 Å². The molecule has 0 aliphatic carbocycles. The zero-order chi connectivity index (χ0) is 22.0. The van der Waals surface area contributed by atoms with Crippen LogP contribution in [0, 0.1) is 10.1 Å². The molecule has 2 N–H and O–H groups in total. The van der Waals surface area contributed by atoms with Crippen molar-refractivity contribution in [3.8, 4) is 11.5 Å². The first-order valence-electron chi connectivity index (χ1n) is 8.22. The van der Waals surface area contributed by atoms with Crippen molar-refractivity contribution in [1.29, 1.82) is 0 Å². The van der Waals surface area contributed by atoms with Crippen molar-refractivity contribution in [3.05, 3.63) is 57.1 Å². The summed E-state index contributed by atoms with van der Waals surface area (Å²) in [6.07, 6.45) is -4.35. The lowest BCUT2D eigenvalue weighted by Gasteiger charge is -2.21. The second-order valence-electron chi connectivity index (χ2n) is 6.19. The molecular weight excluding hydrogens is 436 g/mol. The van der Waals surface area contributed by atoms with E-state index in [1.165, 1.54) is 12.1 Å². The minimum atomic E-state index is -4.57. The number of hydrogen-bond acceptors (Lipinski definition) is 5. The average Bonchev–Trinajstić information content (AvgIpc) is 2.59. The van der Waals surface area contributed by atoms with Crippen LogP contribution < -0.4 is 10.1 Å². The molecule has 2 aromatic carbocycles. The molecule has 0 amide bonds. The van der Waals surface area contributed by atoms with Crippen LogP contribution in [0.15, 0.2) is 36.4 Å². The molecule has 0 saturated carbocycles. The van der Waals surface area contributed by atoms with Gasteiger partial charge in [-0.25, -0.2) is 0 Å². The third-order valence-electron chi connectivity index (χ3n) is 3.94. The Morgan fingerprint density at radius 3 is 2.45 bits per heavy atom. The van der Waals surface area contributed by atoms with Gasteiger partial charge in [0.2, 0.25) is 7.37 Å². The van der Waals surface area contributed by atoms with Gasteiger partial charge in [-0.15, -0.1) is 0 Å². The number of rotatable bonds is 7. The predicted octanol–water partition coefficient (Wildman–Crippen LogP) is 6.11. The maximum absolute atomic E-state index is 12.7. The minimum absolute atomic E-state index is 0.0403. The maximum atomic E-state index is 12.7. The molecule has 0 aromatic heterocycles. The van der Waals surface area contributed by atoms with Gasteiger partial charge in [0.25, 0.3) is 5.69 Å². The van der Waals surface area contributed by atoms with Crippen LogP contribution in [0.2, 0.25) is 5.02 Å². The topological polar surface area (TPSA) is 102 Å². The molecule has 0 aliphatic rings. The van der Waals surface area contributed by atoms with E-state index in [2.05, 4.69) is 5.32 Å². The molecule has 29 heavy (non-hydrogen) atoms. The molecule has 0 heterocycles. The number of alkyl halides is 3. The molecule has 0 bridgehead atoms. The van der Waals surface area contributed by atoms with Gasteiger partial charge in [-0.3, -0.25) is 14.7 Å². The third kappa shape index (κ3) is 5.85. The summed E-state index contributed by atoms with van der Waals surface area (Å²) in [5.41, 5.74) is -1.38. The van der Waals surface area contributed by atoms with Gasteiger partial charge in [0.15, 0.2) is 0 Å². The standard InChI is InChI=1S/C17H17ClF3N2O5P/c1-3-16(29(2,26)27)22-13-9-11(5-6-14(13)23(24)25)28-15-7-4-10(8-12(15)18)17(19,20)21/h4-9,16,22H,3H2,1-2H3,(H,26,27). The quantitative estimate of drug-likeness (QED) is 0.298. The van der Waals surface area contributed by atoms with Crippen LogP contribution in [0.5, 0.6) is 11.5 Å². The highest BCUT2D eigenvalue weighted by Crippen LogP contribution is 2.45. The fraction of sp³-hybridized carbons (Fsp3) is 0.294. The van der Waals surface area contributed by atoms with E-state index in [9.17, 15) is 32.7 Å². The normalized spacial score (nSPS) is 14.7. The van der Waals surface area contributed by atoms with Crippen LogP contribution in [-0.4, -0.2) is 22.3 Å². The van der Waals surface area contributed by atoms with Crippen LogP contribution >= 0.6 is 19.0 Å². The number of nitrogens with one attached hydrogen (secondary N) is 1. The second-order valence-corrected chi connectivity index (χ2v) is 9.11. The lowest BCUT2D eigenvalue weighted by Crippen LogP contribution is -2.19. The van der Waals surface area contributed by atoms with Gasteiger partial charge in [0.05, 0.1) is 15.5 Å². The monoisotopic (exact) mass is 452 g/mol. The number of nitro groups is 1. The average molecular weight is 453 g/mol. The Hall–Kier alpha value is -2.29. The van der Waals surface area contributed by atoms with Crippen molar-refractivity contribution in [2.24, 2.45) is 0 Å². The highest BCUT2D eigenvalue weighted by atomic mass is 35.5. The van der Waals surface area contributed by atoms with Crippen molar-refractivity contribution in [2.45, 2.75) is 25.3 Å². The smallest absolute Gasteiger partial charge is 0.416 e. The maximum Gasteiger partial charge on any atom is 0.416 e. The zero-order valence-corrected chi connectivity index (χ0v) is 16.9. The van der Waals surface area contributed by atoms with Crippen LogP contribution in [0.25, 0.3) is 0 Å². The summed E-state index contributed by atoms with van der Waals surface area (Å²) in [5, 5.41) is 13.6. The number of hydrogen-bond donors (Lipinski definition) is 2. The number of anilines is 1. The van der Waals surface area contributed by atoms with E-state index >= 15 is 0 Å². The second kappa shape index (κ2) is 8.61. The fourth-order valence-corrected chi connectivity index (χ4v) is 3.76. The number of nitrogens with zero attached hydrogens (tertiary/aromatic N) is 1. The van der Waals surface area contributed by atoms with Crippen LogP contribution in [0.3, 0.4) is 0 Å². The lowest BCUT2D eigenvalue weighted by molar-refractivity contribution is -0.384. The molecular formula is C17H17ClF3N2O5P. The lowest BCUT2D eigenvalue weighted by atomic mass is 10.2. The Morgan fingerprint density at radius 2 is 1.97 bits per heavy atom. The van der Waals surface area contributed by atoms with E-state index in [0.717, 1.165) is 24.9 Å². The van der Waals surface area contributed by atoms with E-state index in [1.54, 1.807) is 6.92 Å². The van der Waals surface area contributed by atoms with E-state index in [0.29, 0.717) is 6.07 Å². The van der Waals surface area contributed by atoms with Gasteiger partial charge in [0.1, 0.15) is 23.0 Å². The number of halogens is 4. The number of benzene rings is 2. The SMILES string of the molecule is CCC(Nc1cc(Oc2ccc(C(F)(F)F)cc2Cl)ccc1[N+](=O)[O-])P(C)(=O)O. The van der Waals surface area contributed by atoms with Gasteiger partial charge >= 0.3 is 6.18 Å². The molecule has 2 aromatic rings. The van der Waals surface area contributed by atoms with Crippen molar-refractivity contribution < 1.29 is 32.3 Å². The first-order valence-corrected chi connectivity index (χ1v) is 10.8. The van der Waals surface area contributed by atoms with Crippen LogP contribution in [-0.2, 0) is 10.7 Å². The summed E-state index contributed by atoms with van der Waals surface area (Å²) < 4.78 is 55.6. The molecule has 0 spiro atoms. The molecule has 2 rings (SSSR count). The summed E-state index contributed by atoms with van der Waals surface area (Å²) >= 11 is 5.85. The Morgan fingerprint density at radius 1 is 1.31 bits per heavy atom. The first-order chi connectivity index (χ1) is 13.3.